The van der Waals surface area contributed by atoms with Crippen molar-refractivity contribution in [3.05, 3.63) is 96.3 Å². The van der Waals surface area contributed by atoms with Gasteiger partial charge in [-0.1, -0.05) is 61.5 Å². The van der Waals surface area contributed by atoms with Gasteiger partial charge in [0.2, 0.25) is 5.91 Å². The van der Waals surface area contributed by atoms with Crippen LogP contribution in [0.2, 0.25) is 0 Å². The van der Waals surface area contributed by atoms with E-state index >= 15 is 0 Å². The summed E-state index contributed by atoms with van der Waals surface area (Å²) in [4.78, 5) is 22.3. The first kappa shape index (κ1) is 21.3. The second-order valence-corrected chi connectivity index (χ2v) is 8.23. The fourth-order valence-corrected chi connectivity index (χ4v) is 4.72. The molecule has 0 bridgehead atoms. The van der Waals surface area contributed by atoms with Crippen LogP contribution in [0.1, 0.15) is 37.4 Å². The Morgan fingerprint density at radius 3 is 2.19 bits per heavy atom. The standard InChI is InChI=1S/C27H31N3O/c1-2-26(31)30(25-14-7-4-8-15-25)27(23-11-5-3-6-12-23)17-21-29(22-18-27)20-16-24-13-9-10-19-28-24/h3-15,19H,2,16-18,20-22H2,1H3. The van der Waals surface area contributed by atoms with E-state index in [1.165, 1.54) is 5.56 Å². The van der Waals surface area contributed by atoms with Crippen LogP contribution < -0.4 is 4.90 Å². The predicted octanol–water partition coefficient (Wildman–Crippen LogP) is 5.06. The summed E-state index contributed by atoms with van der Waals surface area (Å²) >= 11 is 0. The molecule has 0 saturated carbocycles. The van der Waals surface area contributed by atoms with E-state index in [0.29, 0.717) is 6.42 Å². The van der Waals surface area contributed by atoms with Crippen molar-refractivity contribution < 1.29 is 4.79 Å². The third kappa shape index (κ3) is 4.70. The van der Waals surface area contributed by atoms with E-state index in [9.17, 15) is 4.79 Å². The number of likely N-dealkylation sites (tertiary alicyclic amines) is 1. The topological polar surface area (TPSA) is 36.4 Å². The molecule has 1 aromatic heterocycles. The average Bonchev–Trinajstić information content (AvgIpc) is 2.85. The molecule has 0 spiro atoms. The van der Waals surface area contributed by atoms with Crippen LogP contribution in [0.15, 0.2) is 85.1 Å². The van der Waals surface area contributed by atoms with Crippen molar-refractivity contribution in [1.82, 2.24) is 9.88 Å². The lowest BCUT2D eigenvalue weighted by molar-refractivity contribution is -0.120. The minimum Gasteiger partial charge on any atom is -0.303 e. The van der Waals surface area contributed by atoms with Crippen LogP contribution in [0.25, 0.3) is 0 Å². The third-order valence-corrected chi connectivity index (χ3v) is 6.40. The van der Waals surface area contributed by atoms with Gasteiger partial charge < -0.3 is 9.80 Å². The molecule has 4 heteroatoms. The molecule has 0 unspecified atom stereocenters. The molecule has 0 aliphatic carbocycles. The van der Waals surface area contributed by atoms with Crippen molar-refractivity contribution in [1.29, 1.82) is 0 Å². The summed E-state index contributed by atoms with van der Waals surface area (Å²) in [6, 6.07) is 26.9. The zero-order chi connectivity index (χ0) is 21.5. The lowest BCUT2D eigenvalue weighted by Crippen LogP contribution is -2.56. The largest absolute Gasteiger partial charge is 0.303 e. The minimum absolute atomic E-state index is 0.178. The molecule has 1 amide bonds. The number of aromatic nitrogens is 1. The van der Waals surface area contributed by atoms with Gasteiger partial charge in [-0.15, -0.1) is 0 Å². The number of benzene rings is 2. The summed E-state index contributed by atoms with van der Waals surface area (Å²) in [5, 5.41) is 0. The van der Waals surface area contributed by atoms with Crippen molar-refractivity contribution in [3.8, 4) is 0 Å². The van der Waals surface area contributed by atoms with Gasteiger partial charge in [-0.3, -0.25) is 9.78 Å². The van der Waals surface area contributed by atoms with Gasteiger partial charge in [-0.2, -0.15) is 0 Å². The molecule has 0 N–H and O–H groups in total. The number of nitrogens with zero attached hydrogens (tertiary/aromatic N) is 3. The summed E-state index contributed by atoms with van der Waals surface area (Å²) < 4.78 is 0. The SMILES string of the molecule is CCC(=O)N(c1ccccc1)C1(c2ccccc2)CCN(CCc2ccccn2)CC1. The monoisotopic (exact) mass is 413 g/mol. The van der Waals surface area contributed by atoms with Crippen LogP contribution in [-0.4, -0.2) is 35.4 Å². The van der Waals surface area contributed by atoms with E-state index in [1.54, 1.807) is 0 Å². The maximum Gasteiger partial charge on any atom is 0.227 e. The molecule has 2 aromatic carbocycles. The molecule has 4 nitrogen and oxygen atoms in total. The van der Waals surface area contributed by atoms with Crippen LogP contribution in [0.5, 0.6) is 0 Å². The van der Waals surface area contributed by atoms with E-state index in [0.717, 1.165) is 50.3 Å². The summed E-state index contributed by atoms with van der Waals surface area (Å²) in [6.45, 7) is 4.87. The number of piperidine rings is 1. The Kier molecular flexibility index (Phi) is 6.78. The Labute approximate surface area is 185 Å². The summed E-state index contributed by atoms with van der Waals surface area (Å²) in [6.07, 6.45) is 5.14. The summed E-state index contributed by atoms with van der Waals surface area (Å²) in [7, 11) is 0. The van der Waals surface area contributed by atoms with Crippen molar-refractivity contribution in [2.45, 2.75) is 38.1 Å². The number of pyridine rings is 1. The smallest absolute Gasteiger partial charge is 0.227 e. The predicted molar refractivity (Wildman–Crippen MR) is 126 cm³/mol. The fourth-order valence-electron chi connectivity index (χ4n) is 4.72. The highest BCUT2D eigenvalue weighted by Crippen LogP contribution is 2.42. The Morgan fingerprint density at radius 1 is 0.935 bits per heavy atom. The first-order chi connectivity index (χ1) is 15.2. The number of hydrogen-bond acceptors (Lipinski definition) is 3. The lowest BCUT2D eigenvalue weighted by atomic mass is 9.78. The van der Waals surface area contributed by atoms with Crippen LogP contribution in [0, 0.1) is 0 Å². The van der Waals surface area contributed by atoms with Crippen LogP contribution in [0.3, 0.4) is 0 Å². The molecule has 0 atom stereocenters. The molecule has 160 valence electrons. The highest BCUT2D eigenvalue weighted by atomic mass is 16.2. The number of carbonyl (C=O) groups is 1. The molecule has 1 saturated heterocycles. The van der Waals surface area contributed by atoms with Crippen LogP contribution in [0.4, 0.5) is 5.69 Å². The van der Waals surface area contributed by atoms with Gasteiger partial charge in [0.05, 0.1) is 5.54 Å². The van der Waals surface area contributed by atoms with Crippen molar-refractivity contribution >= 4 is 11.6 Å². The Bertz CT molecular complexity index is 952. The molecule has 2 heterocycles. The quantitative estimate of drug-likeness (QED) is 0.543. The normalized spacial score (nSPS) is 16.0. The number of hydrogen-bond donors (Lipinski definition) is 0. The van der Waals surface area contributed by atoms with Gasteiger partial charge in [-0.25, -0.2) is 0 Å². The highest BCUT2D eigenvalue weighted by molar-refractivity contribution is 5.95. The number of anilines is 1. The van der Waals surface area contributed by atoms with E-state index in [2.05, 4.69) is 57.2 Å². The van der Waals surface area contributed by atoms with Gasteiger partial charge in [0.1, 0.15) is 0 Å². The molecule has 1 aliphatic rings. The molecule has 0 radical (unpaired) electrons. The summed E-state index contributed by atoms with van der Waals surface area (Å²) in [5.41, 5.74) is 3.02. The lowest BCUT2D eigenvalue weighted by Gasteiger charge is -2.49. The van der Waals surface area contributed by atoms with Crippen molar-refractivity contribution in [3.63, 3.8) is 0 Å². The Balaban J connectivity index is 1.60. The van der Waals surface area contributed by atoms with Gasteiger partial charge in [-0.05, 0) is 42.7 Å². The van der Waals surface area contributed by atoms with Gasteiger partial charge >= 0.3 is 0 Å². The van der Waals surface area contributed by atoms with E-state index in [4.69, 9.17) is 0 Å². The number of amides is 1. The van der Waals surface area contributed by atoms with E-state index < -0.39 is 0 Å². The average molecular weight is 414 g/mol. The van der Waals surface area contributed by atoms with Gasteiger partial charge in [0.15, 0.2) is 0 Å². The molecule has 4 rings (SSSR count). The van der Waals surface area contributed by atoms with Crippen LogP contribution in [-0.2, 0) is 16.8 Å². The van der Waals surface area contributed by atoms with E-state index in [-0.39, 0.29) is 11.4 Å². The number of carbonyl (C=O) groups excluding carboxylic acids is 1. The van der Waals surface area contributed by atoms with Crippen LogP contribution >= 0.6 is 0 Å². The highest BCUT2D eigenvalue weighted by Gasteiger charge is 2.44. The zero-order valence-electron chi connectivity index (χ0n) is 18.3. The Hall–Kier alpha value is -2.98. The third-order valence-electron chi connectivity index (χ3n) is 6.40. The number of rotatable bonds is 7. The molecular weight excluding hydrogens is 382 g/mol. The van der Waals surface area contributed by atoms with Gasteiger partial charge in [0.25, 0.3) is 0 Å². The number of para-hydroxylation sites is 1. The van der Waals surface area contributed by atoms with Gasteiger partial charge in [0, 0.05) is 50.1 Å². The Morgan fingerprint density at radius 2 is 1.58 bits per heavy atom. The fraction of sp³-hybridized carbons (Fsp3) is 0.333. The maximum atomic E-state index is 13.3. The maximum absolute atomic E-state index is 13.3. The first-order valence-electron chi connectivity index (χ1n) is 11.3. The zero-order valence-corrected chi connectivity index (χ0v) is 18.3. The molecule has 1 fully saturated rings. The van der Waals surface area contributed by atoms with Crippen molar-refractivity contribution in [2.24, 2.45) is 0 Å². The second-order valence-electron chi connectivity index (χ2n) is 8.23. The van der Waals surface area contributed by atoms with E-state index in [1.807, 2.05) is 49.5 Å². The molecule has 1 aliphatic heterocycles. The van der Waals surface area contributed by atoms with Crippen molar-refractivity contribution in [2.75, 3.05) is 24.5 Å². The molecular formula is C27H31N3O. The molecule has 31 heavy (non-hydrogen) atoms. The second kappa shape index (κ2) is 9.88. The minimum atomic E-state index is -0.322. The first-order valence-corrected chi connectivity index (χ1v) is 11.3. The molecule has 3 aromatic rings. The summed E-state index contributed by atoms with van der Waals surface area (Å²) in [5.74, 6) is 0.178.